The third kappa shape index (κ3) is 4.21. The lowest BCUT2D eigenvalue weighted by atomic mass is 10.1. The molecule has 0 unspecified atom stereocenters. The van der Waals surface area contributed by atoms with Gasteiger partial charge in [0, 0.05) is 10.6 Å². The predicted molar refractivity (Wildman–Crippen MR) is 86.1 cm³/mol. The standard InChI is InChI=1S/C16H10BrClFNO3/c1-22-14(21)6-10-2-3-13(17)16(15(10)19)23-12-5-9(8-20)4-11(18)7-12/h2-5,7H,6H2,1H3. The van der Waals surface area contributed by atoms with Crippen molar-refractivity contribution in [3.8, 4) is 17.6 Å². The van der Waals surface area contributed by atoms with Crippen LogP contribution in [-0.2, 0) is 16.0 Å². The van der Waals surface area contributed by atoms with Crippen molar-refractivity contribution in [3.63, 3.8) is 0 Å². The molecule has 23 heavy (non-hydrogen) atoms. The molecule has 0 radical (unpaired) electrons. The molecule has 7 heteroatoms. The maximum Gasteiger partial charge on any atom is 0.310 e. The highest BCUT2D eigenvalue weighted by molar-refractivity contribution is 9.10. The van der Waals surface area contributed by atoms with E-state index in [1.165, 1.54) is 31.4 Å². The molecule has 0 fully saturated rings. The van der Waals surface area contributed by atoms with Gasteiger partial charge in [-0.3, -0.25) is 4.79 Å². The van der Waals surface area contributed by atoms with Gasteiger partial charge in [-0.1, -0.05) is 17.7 Å². The summed E-state index contributed by atoms with van der Waals surface area (Å²) >= 11 is 9.09. The monoisotopic (exact) mass is 397 g/mol. The minimum absolute atomic E-state index is 0.0995. The molecule has 0 saturated carbocycles. The Morgan fingerprint density at radius 3 is 2.78 bits per heavy atom. The minimum Gasteiger partial charge on any atom is -0.469 e. The number of nitrogens with zero attached hydrogens (tertiary/aromatic N) is 1. The van der Waals surface area contributed by atoms with Crippen LogP contribution >= 0.6 is 27.5 Å². The number of esters is 1. The van der Waals surface area contributed by atoms with Gasteiger partial charge < -0.3 is 9.47 Å². The van der Waals surface area contributed by atoms with Gasteiger partial charge >= 0.3 is 5.97 Å². The summed E-state index contributed by atoms with van der Waals surface area (Å²) in [7, 11) is 1.23. The maximum atomic E-state index is 14.5. The second-order valence-corrected chi connectivity index (χ2v) is 5.78. The van der Waals surface area contributed by atoms with E-state index in [1.54, 1.807) is 6.07 Å². The van der Waals surface area contributed by atoms with E-state index in [2.05, 4.69) is 20.7 Å². The first-order valence-corrected chi connectivity index (χ1v) is 7.54. The Labute approximate surface area is 145 Å². The van der Waals surface area contributed by atoms with Crippen molar-refractivity contribution in [2.24, 2.45) is 0 Å². The third-order valence-electron chi connectivity index (χ3n) is 2.91. The Kier molecular flexibility index (Phi) is 5.59. The Hall–Kier alpha value is -2.10. The van der Waals surface area contributed by atoms with Crippen molar-refractivity contribution in [2.45, 2.75) is 6.42 Å². The quantitative estimate of drug-likeness (QED) is 0.705. The number of carbonyl (C=O) groups is 1. The molecule has 0 aliphatic rings. The number of methoxy groups -OCH3 is 1. The second kappa shape index (κ2) is 7.44. The first-order chi connectivity index (χ1) is 10.9. The average molecular weight is 399 g/mol. The summed E-state index contributed by atoms with van der Waals surface area (Å²) in [5, 5.41) is 9.23. The van der Waals surface area contributed by atoms with E-state index in [0.29, 0.717) is 9.50 Å². The highest BCUT2D eigenvalue weighted by Crippen LogP contribution is 2.35. The topological polar surface area (TPSA) is 59.3 Å². The van der Waals surface area contributed by atoms with Gasteiger partial charge in [0.05, 0.1) is 29.6 Å². The van der Waals surface area contributed by atoms with E-state index in [-0.39, 0.29) is 29.0 Å². The fourth-order valence-electron chi connectivity index (χ4n) is 1.84. The van der Waals surface area contributed by atoms with Gasteiger partial charge in [0.15, 0.2) is 11.6 Å². The molecule has 0 aliphatic heterocycles. The van der Waals surface area contributed by atoms with E-state index < -0.39 is 11.8 Å². The number of carbonyl (C=O) groups excluding carboxylic acids is 1. The molecule has 4 nitrogen and oxygen atoms in total. The first kappa shape index (κ1) is 17.3. The van der Waals surface area contributed by atoms with Gasteiger partial charge in [0.25, 0.3) is 0 Å². The summed E-state index contributed by atoms with van der Waals surface area (Å²) in [4.78, 5) is 11.3. The molecule has 2 aromatic rings. The zero-order valence-corrected chi connectivity index (χ0v) is 14.2. The second-order valence-electron chi connectivity index (χ2n) is 4.49. The first-order valence-electron chi connectivity index (χ1n) is 6.37. The van der Waals surface area contributed by atoms with Crippen molar-refractivity contribution >= 4 is 33.5 Å². The lowest BCUT2D eigenvalue weighted by Crippen LogP contribution is -2.07. The molecule has 2 rings (SSSR count). The van der Waals surface area contributed by atoms with Crippen molar-refractivity contribution in [3.05, 3.63) is 56.8 Å². The SMILES string of the molecule is COC(=O)Cc1ccc(Br)c(Oc2cc(Cl)cc(C#N)c2)c1F. The largest absolute Gasteiger partial charge is 0.469 e. The number of nitriles is 1. The summed E-state index contributed by atoms with van der Waals surface area (Å²) in [6.07, 6.45) is -0.217. The average Bonchev–Trinajstić information content (AvgIpc) is 2.53. The van der Waals surface area contributed by atoms with Gasteiger partial charge in [-0.15, -0.1) is 0 Å². The van der Waals surface area contributed by atoms with Crippen LogP contribution in [-0.4, -0.2) is 13.1 Å². The normalized spacial score (nSPS) is 10.0. The third-order valence-corrected chi connectivity index (χ3v) is 3.75. The summed E-state index contributed by atoms with van der Waals surface area (Å²) in [6, 6.07) is 9.32. The molecule has 0 aliphatic carbocycles. The summed E-state index contributed by atoms with van der Waals surface area (Å²) in [6.45, 7) is 0. The maximum absolute atomic E-state index is 14.5. The highest BCUT2D eigenvalue weighted by atomic mass is 79.9. The van der Waals surface area contributed by atoms with Crippen LogP contribution in [0.3, 0.4) is 0 Å². The molecule has 0 heterocycles. The van der Waals surface area contributed by atoms with Crippen molar-refractivity contribution < 1.29 is 18.7 Å². The molecule has 0 bridgehead atoms. The Balaban J connectivity index is 2.40. The van der Waals surface area contributed by atoms with Crippen LogP contribution < -0.4 is 4.74 Å². The number of benzene rings is 2. The molecular weight excluding hydrogens is 389 g/mol. The lowest BCUT2D eigenvalue weighted by Gasteiger charge is -2.12. The van der Waals surface area contributed by atoms with Crippen LogP contribution in [0, 0.1) is 17.1 Å². The van der Waals surface area contributed by atoms with Gasteiger partial charge in [0.1, 0.15) is 5.75 Å². The fourth-order valence-corrected chi connectivity index (χ4v) is 2.45. The molecule has 0 N–H and O–H groups in total. The molecule has 0 atom stereocenters. The fraction of sp³-hybridized carbons (Fsp3) is 0.125. The molecule has 118 valence electrons. The van der Waals surface area contributed by atoms with Crippen molar-refractivity contribution in [2.75, 3.05) is 7.11 Å². The van der Waals surface area contributed by atoms with E-state index in [9.17, 15) is 9.18 Å². The van der Waals surface area contributed by atoms with Gasteiger partial charge in [-0.05, 0) is 40.2 Å². The zero-order chi connectivity index (χ0) is 17.0. The molecule has 0 amide bonds. The van der Waals surface area contributed by atoms with Crippen molar-refractivity contribution in [1.29, 1.82) is 5.26 Å². The van der Waals surface area contributed by atoms with Gasteiger partial charge in [0.2, 0.25) is 0 Å². The van der Waals surface area contributed by atoms with Crippen LogP contribution in [0.1, 0.15) is 11.1 Å². The Morgan fingerprint density at radius 2 is 2.13 bits per heavy atom. The van der Waals surface area contributed by atoms with E-state index in [0.717, 1.165) is 0 Å². The van der Waals surface area contributed by atoms with E-state index >= 15 is 0 Å². The highest BCUT2D eigenvalue weighted by Gasteiger charge is 2.17. The zero-order valence-electron chi connectivity index (χ0n) is 11.9. The number of hydrogen-bond acceptors (Lipinski definition) is 4. The minimum atomic E-state index is -0.691. The molecule has 0 aromatic heterocycles. The van der Waals surface area contributed by atoms with E-state index in [1.807, 2.05) is 6.07 Å². The van der Waals surface area contributed by atoms with Crippen molar-refractivity contribution in [1.82, 2.24) is 0 Å². The number of halogens is 3. The van der Waals surface area contributed by atoms with Gasteiger partial charge in [-0.25, -0.2) is 4.39 Å². The summed E-state index contributed by atoms with van der Waals surface area (Å²) < 4.78 is 24.9. The number of ether oxygens (including phenoxy) is 2. The summed E-state index contributed by atoms with van der Waals surface area (Å²) in [5.74, 6) is -1.14. The van der Waals surface area contributed by atoms with Crippen LogP contribution in [0.4, 0.5) is 4.39 Å². The van der Waals surface area contributed by atoms with E-state index in [4.69, 9.17) is 21.6 Å². The molecular formula is C16H10BrClFNO3. The van der Waals surface area contributed by atoms with Crippen LogP contribution in [0.2, 0.25) is 5.02 Å². The van der Waals surface area contributed by atoms with Crippen LogP contribution in [0.15, 0.2) is 34.8 Å². The lowest BCUT2D eigenvalue weighted by molar-refractivity contribution is -0.139. The van der Waals surface area contributed by atoms with Gasteiger partial charge in [-0.2, -0.15) is 5.26 Å². The Morgan fingerprint density at radius 1 is 1.39 bits per heavy atom. The molecule has 2 aromatic carbocycles. The predicted octanol–water partition coefficient (Wildman–Crippen LogP) is 4.62. The number of hydrogen-bond donors (Lipinski definition) is 0. The smallest absolute Gasteiger partial charge is 0.310 e. The van der Waals surface area contributed by atoms with Crippen LogP contribution in [0.25, 0.3) is 0 Å². The molecule has 0 saturated heterocycles. The summed E-state index contributed by atoms with van der Waals surface area (Å²) in [5.41, 5.74) is 0.423. The Bertz CT molecular complexity index is 805. The van der Waals surface area contributed by atoms with Crippen LogP contribution in [0.5, 0.6) is 11.5 Å². The number of rotatable bonds is 4. The molecule has 0 spiro atoms.